The Bertz CT molecular complexity index is 1220. The minimum atomic E-state index is -4.42. The third-order valence-electron chi connectivity index (χ3n) is 7.97. The van der Waals surface area contributed by atoms with Crippen molar-refractivity contribution in [3.63, 3.8) is 0 Å². The molecule has 0 radical (unpaired) electrons. The monoisotopic (exact) mass is 593 g/mol. The number of hydrogen-bond acceptors (Lipinski definition) is 7. The van der Waals surface area contributed by atoms with Crippen LogP contribution in [-0.4, -0.2) is 62.0 Å². The van der Waals surface area contributed by atoms with Gasteiger partial charge < -0.3 is 33.7 Å². The maximum Gasteiger partial charge on any atom is 0.416 e. The highest BCUT2D eigenvalue weighted by molar-refractivity contribution is 5.85. The standard InChI is InChI=1S/C31H38F3NO7/c1-29(2)41-26-16-30(28(36)35-17-24-8-5-13-38-24,40-19-21-6-4-7-23(14-21)37-3)15-25(27(26)42-29)39-18-20-9-11-22(12-10-20)31(32,33)34/h4,6-7,9-12,14,24-27H,5,8,13,15-19H2,1-3H3,(H,35,36)/t24?,25?,26-,27+,30-/m1/s1. The van der Waals surface area contributed by atoms with Crippen molar-refractivity contribution in [2.45, 2.75) is 94.7 Å². The lowest BCUT2D eigenvalue weighted by Crippen LogP contribution is -2.60. The highest BCUT2D eigenvalue weighted by Crippen LogP contribution is 2.44. The highest BCUT2D eigenvalue weighted by Gasteiger charge is 2.58. The van der Waals surface area contributed by atoms with E-state index < -0.39 is 41.4 Å². The quantitative estimate of drug-likeness (QED) is 0.407. The molecule has 42 heavy (non-hydrogen) atoms. The second-order valence-corrected chi connectivity index (χ2v) is 11.6. The number of ether oxygens (including phenoxy) is 6. The second kappa shape index (κ2) is 12.5. The van der Waals surface area contributed by atoms with E-state index in [-0.39, 0.29) is 38.1 Å². The zero-order valence-electron chi connectivity index (χ0n) is 24.1. The molecular formula is C31H38F3NO7. The van der Waals surface area contributed by atoms with Gasteiger partial charge in [0.2, 0.25) is 0 Å². The first-order valence-corrected chi connectivity index (χ1v) is 14.3. The summed E-state index contributed by atoms with van der Waals surface area (Å²) in [6, 6.07) is 12.3. The predicted octanol–water partition coefficient (Wildman–Crippen LogP) is 5.16. The lowest BCUT2D eigenvalue weighted by molar-refractivity contribution is -0.183. The Morgan fingerprint density at radius 3 is 2.52 bits per heavy atom. The predicted molar refractivity (Wildman–Crippen MR) is 146 cm³/mol. The Morgan fingerprint density at radius 1 is 1.05 bits per heavy atom. The molecule has 2 heterocycles. The normalized spacial score (nSPS) is 28.8. The molecule has 2 aromatic carbocycles. The van der Waals surface area contributed by atoms with Crippen LogP contribution in [0.5, 0.6) is 5.75 Å². The first-order valence-electron chi connectivity index (χ1n) is 14.3. The van der Waals surface area contributed by atoms with E-state index in [4.69, 9.17) is 28.4 Å². The fourth-order valence-electron chi connectivity index (χ4n) is 5.86. The van der Waals surface area contributed by atoms with Gasteiger partial charge in [-0.3, -0.25) is 4.79 Å². The Kier molecular flexibility index (Phi) is 9.15. The SMILES string of the molecule is COc1cccc(CO[C@]2(C(=O)NCC3CCCO3)CC(OCc3ccc(C(F)(F)F)cc3)[C@@H]3OC(C)(C)O[C@@H]3C2)c1. The number of alkyl halides is 3. The van der Waals surface area contributed by atoms with Crippen molar-refractivity contribution in [1.29, 1.82) is 0 Å². The topological polar surface area (TPSA) is 84.5 Å². The van der Waals surface area contributed by atoms with Gasteiger partial charge in [-0.05, 0) is 62.1 Å². The van der Waals surface area contributed by atoms with Crippen LogP contribution < -0.4 is 10.1 Å². The van der Waals surface area contributed by atoms with Crippen LogP contribution in [0, 0.1) is 0 Å². The molecule has 230 valence electrons. The van der Waals surface area contributed by atoms with Crippen molar-refractivity contribution >= 4 is 5.91 Å². The van der Waals surface area contributed by atoms with E-state index in [1.54, 1.807) is 21.0 Å². The van der Waals surface area contributed by atoms with Crippen molar-refractivity contribution in [3.05, 3.63) is 65.2 Å². The first kappa shape index (κ1) is 30.7. The van der Waals surface area contributed by atoms with Crippen LogP contribution in [0.15, 0.2) is 48.5 Å². The van der Waals surface area contributed by atoms with Gasteiger partial charge in [-0.25, -0.2) is 0 Å². The molecule has 2 saturated heterocycles. The van der Waals surface area contributed by atoms with E-state index in [1.807, 2.05) is 24.3 Å². The molecule has 5 rings (SSSR count). The summed E-state index contributed by atoms with van der Waals surface area (Å²) in [5.41, 5.74) is -0.661. The van der Waals surface area contributed by atoms with E-state index in [9.17, 15) is 18.0 Å². The van der Waals surface area contributed by atoms with Gasteiger partial charge >= 0.3 is 6.18 Å². The molecule has 2 aliphatic heterocycles. The average Bonchev–Trinajstić information content (AvgIpc) is 3.59. The fourth-order valence-corrected chi connectivity index (χ4v) is 5.86. The number of nitrogens with one attached hydrogen (secondary N) is 1. The molecular weight excluding hydrogens is 555 g/mol. The fraction of sp³-hybridized carbons (Fsp3) is 0.581. The van der Waals surface area contributed by atoms with Gasteiger partial charge in [0, 0.05) is 26.0 Å². The van der Waals surface area contributed by atoms with E-state index in [0.717, 1.165) is 30.5 Å². The van der Waals surface area contributed by atoms with Crippen LogP contribution in [0.3, 0.4) is 0 Å². The molecule has 0 spiro atoms. The average molecular weight is 594 g/mol. The van der Waals surface area contributed by atoms with Crippen molar-refractivity contribution < 1.29 is 46.4 Å². The number of methoxy groups -OCH3 is 1. The number of halogens is 3. The van der Waals surface area contributed by atoms with Crippen molar-refractivity contribution in [2.75, 3.05) is 20.3 Å². The minimum absolute atomic E-state index is 0.0271. The molecule has 8 nitrogen and oxygen atoms in total. The van der Waals surface area contributed by atoms with Crippen LogP contribution in [0.1, 0.15) is 56.2 Å². The van der Waals surface area contributed by atoms with Crippen molar-refractivity contribution in [3.8, 4) is 5.75 Å². The van der Waals surface area contributed by atoms with Crippen LogP contribution in [0.4, 0.5) is 13.2 Å². The number of fused-ring (bicyclic) bond motifs is 1. The van der Waals surface area contributed by atoms with Gasteiger partial charge in [0.15, 0.2) is 11.4 Å². The molecule has 1 N–H and O–H groups in total. The molecule has 1 aliphatic carbocycles. The smallest absolute Gasteiger partial charge is 0.416 e. The lowest BCUT2D eigenvalue weighted by Gasteiger charge is -2.43. The maximum atomic E-state index is 13.9. The van der Waals surface area contributed by atoms with Gasteiger partial charge in [-0.2, -0.15) is 13.2 Å². The Labute approximate surface area is 243 Å². The van der Waals surface area contributed by atoms with Gasteiger partial charge in [0.25, 0.3) is 5.91 Å². The molecule has 2 unspecified atom stereocenters. The molecule has 2 aromatic rings. The summed E-state index contributed by atoms with van der Waals surface area (Å²) in [5.74, 6) is -0.540. The Morgan fingerprint density at radius 2 is 1.83 bits per heavy atom. The number of rotatable bonds is 10. The van der Waals surface area contributed by atoms with Gasteiger partial charge in [-0.15, -0.1) is 0 Å². The van der Waals surface area contributed by atoms with Crippen LogP contribution in [-0.2, 0) is 47.9 Å². The van der Waals surface area contributed by atoms with Crippen LogP contribution >= 0.6 is 0 Å². The summed E-state index contributed by atoms with van der Waals surface area (Å²) >= 11 is 0. The Balaban J connectivity index is 1.38. The Hall–Kier alpha value is -2.70. The maximum absolute atomic E-state index is 13.9. The summed E-state index contributed by atoms with van der Waals surface area (Å²) in [6.45, 7) is 4.79. The van der Waals surface area contributed by atoms with E-state index in [2.05, 4.69) is 5.32 Å². The number of amides is 1. The molecule has 3 fully saturated rings. The van der Waals surface area contributed by atoms with Crippen molar-refractivity contribution in [2.24, 2.45) is 0 Å². The second-order valence-electron chi connectivity index (χ2n) is 11.6. The zero-order chi connectivity index (χ0) is 30.0. The molecule has 3 aliphatic rings. The number of hydrogen-bond donors (Lipinski definition) is 1. The third kappa shape index (κ3) is 7.26. The largest absolute Gasteiger partial charge is 0.497 e. The zero-order valence-corrected chi connectivity index (χ0v) is 24.1. The van der Waals surface area contributed by atoms with E-state index in [0.29, 0.717) is 24.5 Å². The van der Waals surface area contributed by atoms with Crippen LogP contribution in [0.25, 0.3) is 0 Å². The summed E-state index contributed by atoms with van der Waals surface area (Å²) in [7, 11) is 1.58. The number of carbonyl (C=O) groups excluding carboxylic acids is 1. The molecule has 0 bridgehead atoms. The van der Waals surface area contributed by atoms with Gasteiger partial charge in [0.05, 0.1) is 44.2 Å². The molecule has 0 aromatic heterocycles. The molecule has 1 saturated carbocycles. The summed E-state index contributed by atoms with van der Waals surface area (Å²) in [6.07, 6.45) is -3.90. The highest BCUT2D eigenvalue weighted by atomic mass is 19.4. The van der Waals surface area contributed by atoms with Crippen LogP contribution in [0.2, 0.25) is 0 Å². The molecule has 1 amide bonds. The van der Waals surface area contributed by atoms with E-state index >= 15 is 0 Å². The lowest BCUT2D eigenvalue weighted by atomic mass is 9.78. The number of benzene rings is 2. The molecule has 11 heteroatoms. The van der Waals surface area contributed by atoms with Gasteiger partial charge in [0.1, 0.15) is 11.9 Å². The molecule has 5 atom stereocenters. The van der Waals surface area contributed by atoms with E-state index in [1.165, 1.54) is 12.1 Å². The van der Waals surface area contributed by atoms with Gasteiger partial charge in [-0.1, -0.05) is 24.3 Å². The summed E-state index contributed by atoms with van der Waals surface area (Å²) in [4.78, 5) is 13.9. The van der Waals surface area contributed by atoms with Crippen molar-refractivity contribution in [1.82, 2.24) is 5.32 Å². The third-order valence-corrected chi connectivity index (χ3v) is 7.97. The minimum Gasteiger partial charge on any atom is -0.497 e. The summed E-state index contributed by atoms with van der Waals surface area (Å²) < 4.78 is 75.4. The number of carbonyl (C=O) groups is 1. The summed E-state index contributed by atoms with van der Waals surface area (Å²) in [5, 5.41) is 3.04. The first-order chi connectivity index (χ1) is 20.0.